The van der Waals surface area contributed by atoms with E-state index in [2.05, 4.69) is 10.2 Å². The fourth-order valence-electron chi connectivity index (χ4n) is 2.95. The third-order valence-electron chi connectivity index (χ3n) is 4.47. The third-order valence-corrected chi connectivity index (χ3v) is 4.47. The van der Waals surface area contributed by atoms with Crippen molar-refractivity contribution in [3.05, 3.63) is 71.1 Å². The summed E-state index contributed by atoms with van der Waals surface area (Å²) < 4.78 is 49.4. The molecule has 0 radical (unpaired) electrons. The van der Waals surface area contributed by atoms with E-state index in [1.54, 1.807) is 33.9 Å². The fourth-order valence-corrected chi connectivity index (χ4v) is 2.95. The minimum atomic E-state index is -4.37. The van der Waals surface area contributed by atoms with Gasteiger partial charge in [-0.3, -0.25) is 0 Å². The van der Waals surface area contributed by atoms with Crippen LogP contribution in [0, 0.1) is 0 Å². The first-order valence-corrected chi connectivity index (χ1v) is 9.93. The zero-order valence-corrected chi connectivity index (χ0v) is 18.2. The number of amides is 1. The van der Waals surface area contributed by atoms with Gasteiger partial charge in [0.2, 0.25) is 11.8 Å². The number of benzene rings is 2. The molecule has 1 amide bonds. The smallest absolute Gasteiger partial charge is 0.416 e. The molecule has 0 saturated heterocycles. The Bertz CT molecular complexity index is 1070. The Morgan fingerprint density at radius 1 is 1.03 bits per heavy atom. The minimum absolute atomic E-state index is 0.0724. The first-order chi connectivity index (χ1) is 14.9. The van der Waals surface area contributed by atoms with Crippen molar-refractivity contribution in [1.29, 1.82) is 0 Å². The van der Waals surface area contributed by atoms with Crippen LogP contribution in [-0.2, 0) is 23.9 Å². The number of carbonyl (C=O) groups excluding carboxylic acids is 1. The lowest BCUT2D eigenvalue weighted by Crippen LogP contribution is -2.33. The van der Waals surface area contributed by atoms with Crippen LogP contribution in [0.3, 0.4) is 0 Å². The number of carbonyl (C=O) groups is 1. The van der Waals surface area contributed by atoms with E-state index in [-0.39, 0.29) is 18.3 Å². The van der Waals surface area contributed by atoms with Crippen LogP contribution in [-0.4, -0.2) is 33.8 Å². The Balaban J connectivity index is 1.75. The maximum Gasteiger partial charge on any atom is 0.416 e. The van der Waals surface area contributed by atoms with Crippen molar-refractivity contribution in [3.63, 3.8) is 0 Å². The van der Waals surface area contributed by atoms with Crippen LogP contribution in [0.4, 0.5) is 18.0 Å². The van der Waals surface area contributed by atoms with E-state index in [0.717, 1.165) is 23.3 Å². The molecule has 0 fully saturated rings. The first kappa shape index (κ1) is 23.3. The summed E-state index contributed by atoms with van der Waals surface area (Å²) in [5.74, 6) is 0.498. The quantitative estimate of drug-likeness (QED) is 0.501. The molecule has 0 aliphatic carbocycles. The van der Waals surface area contributed by atoms with Gasteiger partial charge in [-0.1, -0.05) is 30.3 Å². The summed E-state index contributed by atoms with van der Waals surface area (Å²) in [6.07, 6.45) is -4.49. The van der Waals surface area contributed by atoms with Gasteiger partial charge in [-0.25, -0.2) is 4.79 Å². The average molecular weight is 447 g/mol. The zero-order chi connectivity index (χ0) is 23.5. The van der Waals surface area contributed by atoms with E-state index in [0.29, 0.717) is 12.0 Å². The molecule has 1 heterocycles. The van der Waals surface area contributed by atoms with Gasteiger partial charge in [0, 0.05) is 12.6 Å². The lowest BCUT2D eigenvalue weighted by Gasteiger charge is -2.23. The highest BCUT2D eigenvalue weighted by Crippen LogP contribution is 2.30. The standard InChI is InChI=1S/C23H24F3N3O3/c1-22(2,3)32-21(30)29(4)14-19-27-28-20(31-19)18-8-6-5-7-16(18)13-15-9-11-17(12-10-15)23(24,25)26/h5-12H,13-14H2,1-4H3. The maximum atomic E-state index is 12.8. The van der Waals surface area contributed by atoms with Gasteiger partial charge in [-0.15, -0.1) is 10.2 Å². The molecule has 32 heavy (non-hydrogen) atoms. The summed E-state index contributed by atoms with van der Waals surface area (Å²) in [4.78, 5) is 13.5. The predicted octanol–water partition coefficient (Wildman–Crippen LogP) is 5.71. The molecule has 2 aromatic carbocycles. The van der Waals surface area contributed by atoms with E-state index in [9.17, 15) is 18.0 Å². The lowest BCUT2D eigenvalue weighted by molar-refractivity contribution is -0.137. The van der Waals surface area contributed by atoms with Gasteiger partial charge in [0.1, 0.15) is 12.1 Å². The topological polar surface area (TPSA) is 68.5 Å². The molecule has 0 bridgehead atoms. The molecule has 0 saturated carbocycles. The maximum absolute atomic E-state index is 12.8. The van der Waals surface area contributed by atoms with E-state index in [1.807, 2.05) is 18.2 Å². The Labute approximate surface area is 184 Å². The van der Waals surface area contributed by atoms with Crippen molar-refractivity contribution in [2.45, 2.75) is 45.5 Å². The summed E-state index contributed by atoms with van der Waals surface area (Å²) in [6, 6.07) is 12.3. The van der Waals surface area contributed by atoms with Gasteiger partial charge in [-0.05, 0) is 56.5 Å². The summed E-state index contributed by atoms with van der Waals surface area (Å²) in [5.41, 5.74) is 0.900. The van der Waals surface area contributed by atoms with Crippen molar-refractivity contribution in [1.82, 2.24) is 15.1 Å². The van der Waals surface area contributed by atoms with Crippen LogP contribution in [0.1, 0.15) is 43.4 Å². The third kappa shape index (κ3) is 6.09. The monoisotopic (exact) mass is 447 g/mol. The molecular formula is C23H24F3N3O3. The number of ether oxygens (including phenoxy) is 1. The number of hydrogen-bond acceptors (Lipinski definition) is 5. The second-order valence-corrected chi connectivity index (χ2v) is 8.37. The average Bonchev–Trinajstić information content (AvgIpc) is 3.15. The molecule has 6 nitrogen and oxygen atoms in total. The van der Waals surface area contributed by atoms with Gasteiger partial charge in [0.25, 0.3) is 0 Å². The van der Waals surface area contributed by atoms with Gasteiger partial charge in [0.15, 0.2) is 0 Å². The SMILES string of the molecule is CN(Cc1nnc(-c2ccccc2Cc2ccc(C(F)(F)F)cc2)o1)C(=O)OC(C)(C)C. The van der Waals surface area contributed by atoms with E-state index in [4.69, 9.17) is 9.15 Å². The fraction of sp³-hybridized carbons (Fsp3) is 0.348. The molecule has 0 aliphatic heterocycles. The Morgan fingerprint density at radius 3 is 2.31 bits per heavy atom. The normalized spacial score (nSPS) is 12.0. The van der Waals surface area contributed by atoms with E-state index in [1.165, 1.54) is 17.0 Å². The number of halogens is 3. The molecule has 9 heteroatoms. The summed E-state index contributed by atoms with van der Waals surface area (Å²) in [5, 5.41) is 8.08. The second kappa shape index (κ2) is 9.02. The van der Waals surface area contributed by atoms with Gasteiger partial charge < -0.3 is 14.1 Å². The molecule has 0 aliphatic rings. The van der Waals surface area contributed by atoms with E-state index >= 15 is 0 Å². The zero-order valence-electron chi connectivity index (χ0n) is 18.2. The van der Waals surface area contributed by atoms with Gasteiger partial charge in [0.05, 0.1) is 5.56 Å². The van der Waals surface area contributed by atoms with E-state index < -0.39 is 23.4 Å². The van der Waals surface area contributed by atoms with Crippen LogP contribution < -0.4 is 0 Å². The van der Waals surface area contributed by atoms with Gasteiger partial charge in [-0.2, -0.15) is 13.2 Å². The Morgan fingerprint density at radius 2 is 1.69 bits per heavy atom. The van der Waals surface area contributed by atoms with Crippen LogP contribution >= 0.6 is 0 Å². The molecule has 3 rings (SSSR count). The molecule has 1 aromatic heterocycles. The molecule has 0 atom stereocenters. The van der Waals surface area contributed by atoms with Crippen LogP contribution in [0.25, 0.3) is 11.5 Å². The van der Waals surface area contributed by atoms with Crippen molar-refractivity contribution < 1.29 is 27.1 Å². The first-order valence-electron chi connectivity index (χ1n) is 9.93. The molecule has 170 valence electrons. The Hall–Kier alpha value is -3.36. The predicted molar refractivity (Wildman–Crippen MR) is 112 cm³/mol. The largest absolute Gasteiger partial charge is 0.444 e. The highest BCUT2D eigenvalue weighted by Gasteiger charge is 2.30. The summed E-state index contributed by atoms with van der Waals surface area (Å²) in [6.45, 7) is 5.40. The van der Waals surface area contributed by atoms with Crippen LogP contribution in [0.2, 0.25) is 0 Å². The highest BCUT2D eigenvalue weighted by molar-refractivity contribution is 5.67. The molecule has 0 N–H and O–H groups in total. The highest BCUT2D eigenvalue weighted by atomic mass is 19.4. The molecule has 0 unspecified atom stereocenters. The Kier molecular flexibility index (Phi) is 6.57. The minimum Gasteiger partial charge on any atom is -0.444 e. The summed E-state index contributed by atoms with van der Waals surface area (Å²) in [7, 11) is 1.57. The van der Waals surface area contributed by atoms with Crippen molar-refractivity contribution in [2.75, 3.05) is 7.05 Å². The lowest BCUT2D eigenvalue weighted by atomic mass is 9.99. The number of nitrogens with zero attached hydrogens (tertiary/aromatic N) is 3. The van der Waals surface area contributed by atoms with Gasteiger partial charge >= 0.3 is 12.3 Å². The molecular weight excluding hydrogens is 423 g/mol. The van der Waals surface area contributed by atoms with Crippen molar-refractivity contribution in [2.24, 2.45) is 0 Å². The summed E-state index contributed by atoms with van der Waals surface area (Å²) >= 11 is 0. The van der Waals surface area contributed by atoms with Crippen LogP contribution in [0.15, 0.2) is 52.9 Å². The molecule has 0 spiro atoms. The number of alkyl halides is 3. The van der Waals surface area contributed by atoms with Crippen molar-refractivity contribution in [3.8, 4) is 11.5 Å². The number of hydrogen-bond donors (Lipinski definition) is 0. The number of rotatable bonds is 5. The van der Waals surface area contributed by atoms with Crippen molar-refractivity contribution >= 4 is 6.09 Å². The molecule has 3 aromatic rings. The van der Waals surface area contributed by atoms with Crippen LogP contribution in [0.5, 0.6) is 0 Å². The second-order valence-electron chi connectivity index (χ2n) is 8.37. The number of aromatic nitrogens is 2.